The topological polar surface area (TPSA) is 70.6 Å². The van der Waals surface area contributed by atoms with Crippen LogP contribution in [0.3, 0.4) is 0 Å². The third-order valence-electron chi connectivity index (χ3n) is 3.12. The Balaban J connectivity index is 1.88. The molecule has 0 saturated heterocycles. The van der Waals surface area contributed by atoms with E-state index in [0.29, 0.717) is 18.0 Å². The van der Waals surface area contributed by atoms with Gasteiger partial charge in [0.05, 0.1) is 12.7 Å². The number of hydrogen-bond donors (Lipinski definition) is 3. The molecule has 0 saturated carbocycles. The molecule has 1 atom stereocenters. The number of halogens is 1. The molecule has 122 valence electrons. The number of urea groups is 1. The molecule has 2 rings (SSSR count). The fraction of sp³-hybridized carbons (Fsp3) is 0.235. The predicted molar refractivity (Wildman–Crippen MR) is 86.0 cm³/mol. The zero-order valence-electron chi connectivity index (χ0n) is 12.8. The Morgan fingerprint density at radius 3 is 2.78 bits per heavy atom. The van der Waals surface area contributed by atoms with E-state index in [0.717, 1.165) is 0 Å². The highest BCUT2D eigenvalue weighted by molar-refractivity contribution is 5.89. The van der Waals surface area contributed by atoms with E-state index in [4.69, 9.17) is 4.74 Å². The molecule has 0 aliphatic carbocycles. The number of ether oxygens (including phenoxy) is 1. The van der Waals surface area contributed by atoms with E-state index < -0.39 is 18.0 Å². The molecule has 2 aromatic carbocycles. The number of amides is 2. The largest absolute Gasteiger partial charge is 0.494 e. The zero-order valence-corrected chi connectivity index (χ0v) is 12.8. The van der Waals surface area contributed by atoms with Gasteiger partial charge in [-0.1, -0.05) is 24.3 Å². The van der Waals surface area contributed by atoms with E-state index in [1.807, 2.05) is 6.92 Å². The Bertz CT molecular complexity index is 664. The lowest BCUT2D eigenvalue weighted by Crippen LogP contribution is -2.32. The molecular formula is C17H19FN2O3. The summed E-state index contributed by atoms with van der Waals surface area (Å²) in [6.45, 7) is 2.30. The summed E-state index contributed by atoms with van der Waals surface area (Å²) in [4.78, 5) is 11.8. The van der Waals surface area contributed by atoms with E-state index in [2.05, 4.69) is 10.6 Å². The number of benzene rings is 2. The number of carbonyl (C=O) groups excluding carboxylic acids is 1. The van der Waals surface area contributed by atoms with Crippen LogP contribution in [-0.2, 0) is 0 Å². The van der Waals surface area contributed by atoms with Gasteiger partial charge in [-0.2, -0.15) is 0 Å². The van der Waals surface area contributed by atoms with Gasteiger partial charge >= 0.3 is 6.03 Å². The Morgan fingerprint density at radius 2 is 2.04 bits per heavy atom. The first-order chi connectivity index (χ1) is 11.1. The minimum atomic E-state index is -1.11. The van der Waals surface area contributed by atoms with Crippen LogP contribution >= 0.6 is 0 Å². The van der Waals surface area contributed by atoms with E-state index >= 15 is 0 Å². The van der Waals surface area contributed by atoms with Crippen LogP contribution in [0.15, 0.2) is 48.5 Å². The molecule has 0 radical (unpaired) electrons. The van der Waals surface area contributed by atoms with Gasteiger partial charge in [0.25, 0.3) is 0 Å². The molecule has 0 bridgehead atoms. The molecular weight excluding hydrogens is 299 g/mol. The first kappa shape index (κ1) is 16.8. The van der Waals surface area contributed by atoms with Gasteiger partial charge in [-0.3, -0.25) is 0 Å². The molecule has 5 nitrogen and oxygen atoms in total. The van der Waals surface area contributed by atoms with Gasteiger partial charge in [0.2, 0.25) is 0 Å². The third kappa shape index (κ3) is 4.96. The van der Waals surface area contributed by atoms with Crippen LogP contribution in [-0.4, -0.2) is 24.3 Å². The molecule has 6 heteroatoms. The Kier molecular flexibility index (Phi) is 5.94. The highest BCUT2D eigenvalue weighted by Crippen LogP contribution is 2.18. The average Bonchev–Trinajstić information content (AvgIpc) is 2.54. The summed E-state index contributed by atoms with van der Waals surface area (Å²) in [5.74, 6) is 0.142. The zero-order chi connectivity index (χ0) is 16.7. The van der Waals surface area contributed by atoms with Gasteiger partial charge in [0.1, 0.15) is 11.6 Å². The molecule has 3 N–H and O–H groups in total. The SMILES string of the molecule is CCOc1cccc(NC(=O)NCC(O)c2ccccc2F)c1. The number of nitrogens with one attached hydrogen (secondary N) is 2. The van der Waals surface area contributed by atoms with Crippen LogP contribution in [0.4, 0.5) is 14.9 Å². The molecule has 0 aliphatic rings. The highest BCUT2D eigenvalue weighted by atomic mass is 19.1. The maximum atomic E-state index is 13.5. The maximum absolute atomic E-state index is 13.5. The van der Waals surface area contributed by atoms with Gasteiger partial charge < -0.3 is 20.5 Å². The minimum absolute atomic E-state index is 0.0993. The van der Waals surface area contributed by atoms with Crippen molar-refractivity contribution in [1.82, 2.24) is 5.32 Å². The van der Waals surface area contributed by atoms with Crippen LogP contribution in [0.5, 0.6) is 5.75 Å². The van der Waals surface area contributed by atoms with Gasteiger partial charge in [0.15, 0.2) is 0 Å². The quantitative estimate of drug-likeness (QED) is 0.766. The molecule has 0 aliphatic heterocycles. The average molecular weight is 318 g/mol. The Labute approximate surface area is 134 Å². The number of hydrogen-bond acceptors (Lipinski definition) is 3. The van der Waals surface area contributed by atoms with Gasteiger partial charge in [-0.25, -0.2) is 9.18 Å². The lowest BCUT2D eigenvalue weighted by Gasteiger charge is -2.14. The van der Waals surface area contributed by atoms with Crippen LogP contribution in [0.2, 0.25) is 0 Å². The van der Waals surface area contributed by atoms with Crippen molar-refractivity contribution in [1.29, 1.82) is 0 Å². The molecule has 0 aromatic heterocycles. The van der Waals surface area contributed by atoms with Crippen molar-refractivity contribution in [2.24, 2.45) is 0 Å². The van der Waals surface area contributed by atoms with Crippen molar-refractivity contribution in [2.45, 2.75) is 13.0 Å². The highest BCUT2D eigenvalue weighted by Gasteiger charge is 2.13. The number of carbonyl (C=O) groups is 1. The first-order valence-electron chi connectivity index (χ1n) is 7.30. The lowest BCUT2D eigenvalue weighted by atomic mass is 10.1. The van der Waals surface area contributed by atoms with Crippen molar-refractivity contribution in [3.63, 3.8) is 0 Å². The Morgan fingerprint density at radius 1 is 1.26 bits per heavy atom. The van der Waals surface area contributed by atoms with Crippen molar-refractivity contribution in [2.75, 3.05) is 18.5 Å². The number of aliphatic hydroxyl groups excluding tert-OH is 1. The van der Waals surface area contributed by atoms with E-state index in [1.165, 1.54) is 18.2 Å². The van der Waals surface area contributed by atoms with E-state index in [9.17, 15) is 14.3 Å². The lowest BCUT2D eigenvalue weighted by molar-refractivity contribution is 0.170. The summed E-state index contributed by atoms with van der Waals surface area (Å²) in [6, 6.07) is 12.4. The first-order valence-corrected chi connectivity index (χ1v) is 7.30. The predicted octanol–water partition coefficient (Wildman–Crippen LogP) is 3.08. The summed E-state index contributed by atoms with van der Waals surface area (Å²) in [6.07, 6.45) is -1.11. The second-order valence-electron chi connectivity index (χ2n) is 4.83. The van der Waals surface area contributed by atoms with Gasteiger partial charge in [-0.05, 0) is 25.1 Å². The monoisotopic (exact) mass is 318 g/mol. The van der Waals surface area contributed by atoms with Crippen LogP contribution < -0.4 is 15.4 Å². The Hall–Kier alpha value is -2.60. The van der Waals surface area contributed by atoms with Crippen molar-refractivity contribution in [3.8, 4) is 5.75 Å². The number of anilines is 1. The van der Waals surface area contributed by atoms with Crippen molar-refractivity contribution < 1.29 is 19.0 Å². The minimum Gasteiger partial charge on any atom is -0.494 e. The van der Waals surface area contributed by atoms with Crippen LogP contribution in [0.25, 0.3) is 0 Å². The van der Waals surface area contributed by atoms with Gasteiger partial charge in [-0.15, -0.1) is 0 Å². The molecule has 23 heavy (non-hydrogen) atoms. The number of rotatable bonds is 6. The molecule has 0 spiro atoms. The molecule has 0 fully saturated rings. The summed E-state index contributed by atoms with van der Waals surface area (Å²) < 4.78 is 18.9. The van der Waals surface area contributed by atoms with Crippen molar-refractivity contribution in [3.05, 3.63) is 59.9 Å². The summed E-state index contributed by atoms with van der Waals surface area (Å²) >= 11 is 0. The smallest absolute Gasteiger partial charge is 0.319 e. The fourth-order valence-electron chi connectivity index (χ4n) is 2.05. The van der Waals surface area contributed by atoms with E-state index in [-0.39, 0.29) is 12.1 Å². The van der Waals surface area contributed by atoms with E-state index in [1.54, 1.807) is 30.3 Å². The third-order valence-corrected chi connectivity index (χ3v) is 3.12. The molecule has 1 unspecified atom stereocenters. The van der Waals surface area contributed by atoms with Gasteiger partial charge in [0, 0.05) is 23.9 Å². The standard InChI is InChI=1S/C17H19FN2O3/c1-2-23-13-7-5-6-12(10-13)20-17(22)19-11-16(21)14-8-3-4-9-15(14)18/h3-10,16,21H,2,11H2,1H3,(H2,19,20,22). The second-order valence-corrected chi connectivity index (χ2v) is 4.83. The van der Waals surface area contributed by atoms with Crippen LogP contribution in [0, 0.1) is 5.82 Å². The van der Waals surface area contributed by atoms with Crippen molar-refractivity contribution >= 4 is 11.7 Å². The molecule has 2 amide bonds. The van der Waals surface area contributed by atoms with Crippen LogP contribution in [0.1, 0.15) is 18.6 Å². The number of aliphatic hydroxyl groups is 1. The molecule has 2 aromatic rings. The maximum Gasteiger partial charge on any atom is 0.319 e. The summed E-state index contributed by atoms with van der Waals surface area (Å²) in [7, 11) is 0. The normalized spacial score (nSPS) is 11.6. The summed E-state index contributed by atoms with van der Waals surface area (Å²) in [5.41, 5.74) is 0.708. The summed E-state index contributed by atoms with van der Waals surface area (Å²) in [5, 5.41) is 15.1. The second kappa shape index (κ2) is 8.14. The fourth-order valence-corrected chi connectivity index (χ4v) is 2.05. The molecule has 0 heterocycles.